The zero-order chi connectivity index (χ0) is 11.0. The lowest BCUT2D eigenvalue weighted by molar-refractivity contribution is 1.27. The van der Waals surface area contributed by atoms with Crippen LogP contribution in [0, 0.1) is 5.41 Å². The summed E-state index contributed by atoms with van der Waals surface area (Å²) >= 11 is 0. The van der Waals surface area contributed by atoms with E-state index in [9.17, 15) is 0 Å². The molecule has 76 valence electrons. The molecule has 3 nitrogen and oxygen atoms in total. The summed E-state index contributed by atoms with van der Waals surface area (Å²) in [6.07, 6.45) is 5.42. The highest BCUT2D eigenvalue weighted by Gasteiger charge is 1.99. The molecule has 0 aromatic rings. The van der Waals surface area contributed by atoms with Crippen molar-refractivity contribution in [2.75, 3.05) is 13.6 Å². The minimum Gasteiger partial charge on any atom is -0.303 e. The molecule has 0 aromatic carbocycles. The highest BCUT2D eigenvalue weighted by atomic mass is 14.7. The molecular formula is C11H17N3. The predicted molar refractivity (Wildman–Crippen MR) is 64.1 cm³/mol. The van der Waals surface area contributed by atoms with Crippen LogP contribution in [-0.4, -0.2) is 32.2 Å². The first-order chi connectivity index (χ1) is 6.61. The van der Waals surface area contributed by atoms with Crippen molar-refractivity contribution in [2.45, 2.75) is 13.8 Å². The van der Waals surface area contributed by atoms with Crippen LogP contribution >= 0.6 is 0 Å². The summed E-state index contributed by atoms with van der Waals surface area (Å²) in [5, 5.41) is 7.71. The molecule has 0 aliphatic heterocycles. The molecule has 0 fully saturated rings. The quantitative estimate of drug-likeness (QED) is 0.512. The lowest BCUT2D eigenvalue weighted by Crippen LogP contribution is -2.04. The van der Waals surface area contributed by atoms with Gasteiger partial charge in [0.05, 0.1) is 12.3 Å². The van der Waals surface area contributed by atoms with Crippen molar-refractivity contribution in [3.8, 4) is 0 Å². The van der Waals surface area contributed by atoms with Crippen LogP contribution in [0.4, 0.5) is 0 Å². The zero-order valence-corrected chi connectivity index (χ0v) is 9.04. The van der Waals surface area contributed by atoms with Gasteiger partial charge in [-0.05, 0) is 32.2 Å². The third kappa shape index (κ3) is 5.19. The van der Waals surface area contributed by atoms with Crippen LogP contribution in [0.2, 0.25) is 0 Å². The molecule has 3 heteroatoms. The molecule has 0 aliphatic rings. The first-order valence-electron chi connectivity index (χ1n) is 4.39. The van der Waals surface area contributed by atoms with Gasteiger partial charge in [0, 0.05) is 13.3 Å². The van der Waals surface area contributed by atoms with Gasteiger partial charge in [0.25, 0.3) is 0 Å². The largest absolute Gasteiger partial charge is 0.303 e. The van der Waals surface area contributed by atoms with Gasteiger partial charge in [-0.25, -0.2) is 0 Å². The Morgan fingerprint density at radius 1 is 1.43 bits per heavy atom. The Morgan fingerprint density at radius 3 is 2.50 bits per heavy atom. The minimum absolute atomic E-state index is 0.340. The fourth-order valence-corrected chi connectivity index (χ4v) is 0.905. The number of allylic oxidation sites excluding steroid dienone is 3. The summed E-state index contributed by atoms with van der Waals surface area (Å²) in [5.74, 6) is 0. The Labute approximate surface area is 85.5 Å². The van der Waals surface area contributed by atoms with Crippen molar-refractivity contribution >= 4 is 18.6 Å². The molecule has 0 atom stereocenters. The minimum atomic E-state index is 0.340. The van der Waals surface area contributed by atoms with Gasteiger partial charge in [0.15, 0.2) is 0 Å². The molecule has 0 heterocycles. The zero-order valence-electron chi connectivity index (χ0n) is 9.04. The Balaban J connectivity index is 4.81. The Kier molecular flexibility index (Phi) is 6.20. The molecule has 0 spiro atoms. The van der Waals surface area contributed by atoms with Crippen LogP contribution in [0.15, 0.2) is 33.3 Å². The fraction of sp³-hybridized carbons (Fsp3) is 0.364. The van der Waals surface area contributed by atoms with E-state index in [0.29, 0.717) is 12.3 Å². The van der Waals surface area contributed by atoms with Gasteiger partial charge in [0.1, 0.15) is 0 Å². The van der Waals surface area contributed by atoms with Gasteiger partial charge >= 0.3 is 0 Å². The van der Waals surface area contributed by atoms with E-state index in [2.05, 4.69) is 16.7 Å². The molecule has 0 saturated carbocycles. The molecular weight excluding hydrogens is 174 g/mol. The molecule has 0 amide bonds. The van der Waals surface area contributed by atoms with Gasteiger partial charge in [-0.2, -0.15) is 0 Å². The van der Waals surface area contributed by atoms with E-state index >= 15 is 0 Å². The summed E-state index contributed by atoms with van der Waals surface area (Å²) in [6, 6.07) is 0. The van der Waals surface area contributed by atoms with Gasteiger partial charge in [-0.1, -0.05) is 11.6 Å². The molecule has 1 N–H and O–H groups in total. The van der Waals surface area contributed by atoms with E-state index in [1.807, 2.05) is 19.9 Å². The SMILES string of the molecule is C=NCC(=N)/C(C=C(C)C)=C/C=NC. The summed E-state index contributed by atoms with van der Waals surface area (Å²) in [6.45, 7) is 7.69. The van der Waals surface area contributed by atoms with Gasteiger partial charge < -0.3 is 5.41 Å². The van der Waals surface area contributed by atoms with E-state index in [-0.39, 0.29) is 0 Å². The van der Waals surface area contributed by atoms with E-state index in [4.69, 9.17) is 5.41 Å². The van der Waals surface area contributed by atoms with E-state index in [1.165, 1.54) is 0 Å². The van der Waals surface area contributed by atoms with Crippen LogP contribution in [0.3, 0.4) is 0 Å². The Morgan fingerprint density at radius 2 is 2.07 bits per heavy atom. The van der Waals surface area contributed by atoms with Gasteiger partial charge in [0.2, 0.25) is 0 Å². The number of rotatable bonds is 5. The number of aliphatic imine (C=N–C) groups is 2. The maximum absolute atomic E-state index is 7.71. The standard InChI is InChI=1S/C11H17N3/c1-9(2)7-10(5-6-13-3)11(12)8-14-4/h5-7,12H,4,8H2,1-3H3/b10-5+,12-11?,13-6?. The van der Waals surface area contributed by atoms with E-state index < -0.39 is 0 Å². The third-order valence-corrected chi connectivity index (χ3v) is 1.47. The summed E-state index contributed by atoms with van der Waals surface area (Å²) < 4.78 is 0. The first kappa shape index (κ1) is 12.5. The van der Waals surface area contributed by atoms with Crippen LogP contribution < -0.4 is 0 Å². The van der Waals surface area contributed by atoms with Crippen LogP contribution in [0.25, 0.3) is 0 Å². The predicted octanol–water partition coefficient (Wildman–Crippen LogP) is 2.30. The average Bonchev–Trinajstić information content (AvgIpc) is 2.12. The van der Waals surface area contributed by atoms with Crippen molar-refractivity contribution in [2.24, 2.45) is 9.98 Å². The van der Waals surface area contributed by atoms with Gasteiger partial charge in [-0.3, -0.25) is 9.98 Å². The summed E-state index contributed by atoms with van der Waals surface area (Å²) in [5.41, 5.74) is 2.44. The normalized spacial score (nSPS) is 11.5. The summed E-state index contributed by atoms with van der Waals surface area (Å²) in [4.78, 5) is 7.53. The molecule has 0 aromatic heterocycles. The fourth-order valence-electron chi connectivity index (χ4n) is 0.905. The second-order valence-corrected chi connectivity index (χ2v) is 3.11. The topological polar surface area (TPSA) is 48.6 Å². The van der Waals surface area contributed by atoms with E-state index in [0.717, 1.165) is 11.1 Å². The molecule has 0 saturated heterocycles. The van der Waals surface area contributed by atoms with E-state index in [1.54, 1.807) is 19.3 Å². The average molecular weight is 191 g/mol. The van der Waals surface area contributed by atoms with Crippen molar-refractivity contribution in [3.63, 3.8) is 0 Å². The number of hydrogen-bond acceptors (Lipinski definition) is 3. The highest BCUT2D eigenvalue weighted by Crippen LogP contribution is 2.03. The van der Waals surface area contributed by atoms with Crippen LogP contribution in [-0.2, 0) is 0 Å². The third-order valence-electron chi connectivity index (χ3n) is 1.47. The van der Waals surface area contributed by atoms with Crippen molar-refractivity contribution < 1.29 is 0 Å². The first-order valence-corrected chi connectivity index (χ1v) is 4.39. The van der Waals surface area contributed by atoms with Crippen molar-refractivity contribution in [1.82, 2.24) is 0 Å². The Hall–Kier alpha value is -1.51. The van der Waals surface area contributed by atoms with Crippen molar-refractivity contribution in [1.29, 1.82) is 5.41 Å². The van der Waals surface area contributed by atoms with Crippen LogP contribution in [0.1, 0.15) is 13.8 Å². The van der Waals surface area contributed by atoms with Crippen molar-refractivity contribution in [3.05, 3.63) is 23.3 Å². The lowest BCUT2D eigenvalue weighted by Gasteiger charge is -2.01. The second kappa shape index (κ2) is 6.95. The maximum Gasteiger partial charge on any atom is 0.0803 e. The monoisotopic (exact) mass is 191 g/mol. The smallest absolute Gasteiger partial charge is 0.0803 e. The summed E-state index contributed by atoms with van der Waals surface area (Å²) in [7, 11) is 1.70. The molecule has 0 radical (unpaired) electrons. The second-order valence-electron chi connectivity index (χ2n) is 3.11. The molecule has 0 rings (SSSR count). The molecule has 0 bridgehead atoms. The number of nitrogens with zero attached hydrogens (tertiary/aromatic N) is 2. The van der Waals surface area contributed by atoms with Crippen LogP contribution in [0.5, 0.6) is 0 Å². The van der Waals surface area contributed by atoms with Gasteiger partial charge in [-0.15, -0.1) is 0 Å². The number of hydrogen-bond donors (Lipinski definition) is 1. The highest BCUT2D eigenvalue weighted by molar-refractivity contribution is 6.04. The lowest BCUT2D eigenvalue weighted by atomic mass is 10.1. The molecule has 0 aliphatic carbocycles. The molecule has 0 unspecified atom stereocenters. The maximum atomic E-state index is 7.71. The molecule has 14 heavy (non-hydrogen) atoms. The Bertz CT molecular complexity index is 292. The number of nitrogens with one attached hydrogen (secondary N) is 1.